The summed E-state index contributed by atoms with van der Waals surface area (Å²) in [6, 6.07) is 0. The molecule has 0 fully saturated rings. The van der Waals surface area contributed by atoms with Crippen LogP contribution in [0.15, 0.2) is 0 Å². The van der Waals surface area contributed by atoms with Crippen LogP contribution in [-0.2, 0) is 25.8 Å². The molecular weight excluding hydrogens is 232 g/mol. The average Bonchev–Trinajstić information content (AvgIpc) is 0. The van der Waals surface area contributed by atoms with Gasteiger partial charge in [0.15, 0.2) is 0 Å². The number of hydrogen-bond donors (Lipinski definition) is 0. The van der Waals surface area contributed by atoms with E-state index in [0.29, 0.717) is 0 Å². The van der Waals surface area contributed by atoms with Crippen LogP contribution in [0.3, 0.4) is 0 Å². The van der Waals surface area contributed by atoms with Crippen molar-refractivity contribution < 1.29 is 40.7 Å². The Morgan fingerprint density at radius 3 is 0.750 bits per heavy atom. The molecule has 0 radical (unpaired) electrons. The van der Waals surface area contributed by atoms with Gasteiger partial charge in [-0.2, -0.15) is 0 Å². The van der Waals surface area contributed by atoms with Gasteiger partial charge >= 0.3 is 0 Å². The first-order chi connectivity index (χ1) is 0. The fraction of sp³-hybridized carbons (Fsp3) is 0. The minimum atomic E-state index is 0. The van der Waals surface area contributed by atoms with Crippen LogP contribution in [0.25, 0.3) is 0 Å². The molecule has 0 unspecified atom stereocenters. The molecular formula is H2F2HfO-2. The smallest absolute Gasteiger partial charge is 0 e. The van der Waals surface area contributed by atoms with Gasteiger partial charge in [0.05, 0.1) is 0 Å². The molecule has 0 heterocycles. The summed E-state index contributed by atoms with van der Waals surface area (Å²) in [7, 11) is 0. The van der Waals surface area contributed by atoms with Crippen LogP contribution in [0.2, 0.25) is 0 Å². The number of halogens is 2. The second-order valence-corrected chi connectivity index (χ2v) is 0. The van der Waals surface area contributed by atoms with Gasteiger partial charge in [0.25, 0.3) is 0 Å². The summed E-state index contributed by atoms with van der Waals surface area (Å²) in [5.74, 6) is 0. The summed E-state index contributed by atoms with van der Waals surface area (Å²) in [6.07, 6.45) is 0. The predicted molar refractivity (Wildman–Crippen MR) is 3.61 cm³/mol. The molecule has 0 saturated carbocycles. The third-order valence-corrected chi connectivity index (χ3v) is 0. The summed E-state index contributed by atoms with van der Waals surface area (Å²) < 4.78 is 0. The van der Waals surface area contributed by atoms with E-state index in [0.717, 1.165) is 0 Å². The van der Waals surface area contributed by atoms with E-state index in [-0.39, 0.29) is 40.7 Å². The Labute approximate surface area is 41.2 Å². The van der Waals surface area contributed by atoms with Crippen LogP contribution < -0.4 is 9.41 Å². The van der Waals surface area contributed by atoms with E-state index in [1.807, 2.05) is 0 Å². The molecule has 0 bridgehead atoms. The molecule has 0 saturated heterocycles. The van der Waals surface area contributed by atoms with Crippen LogP contribution in [0, 0.1) is 0 Å². The fourth-order valence-electron chi connectivity index (χ4n) is 0. The molecule has 0 aromatic rings. The second-order valence-electron chi connectivity index (χ2n) is 0. The van der Waals surface area contributed by atoms with Gasteiger partial charge in [-0.25, -0.2) is 0 Å². The molecule has 0 spiro atoms. The van der Waals surface area contributed by atoms with Crippen molar-refractivity contribution in [2.75, 3.05) is 0 Å². The SMILES string of the molecule is O.[F-].[F-].[Hf]. The monoisotopic (exact) mass is 236 g/mol. The molecule has 2 N–H and O–H groups in total. The zero-order valence-corrected chi connectivity index (χ0v) is 5.35. The van der Waals surface area contributed by atoms with E-state index in [9.17, 15) is 0 Å². The van der Waals surface area contributed by atoms with Crippen LogP contribution in [0.4, 0.5) is 0 Å². The summed E-state index contributed by atoms with van der Waals surface area (Å²) in [5.41, 5.74) is 0. The van der Waals surface area contributed by atoms with Crippen molar-refractivity contribution in [3.8, 4) is 0 Å². The van der Waals surface area contributed by atoms with Gasteiger partial charge in [-0.05, 0) is 0 Å². The van der Waals surface area contributed by atoms with E-state index >= 15 is 0 Å². The van der Waals surface area contributed by atoms with E-state index in [2.05, 4.69) is 0 Å². The quantitative estimate of drug-likeness (QED) is 0.373. The first-order valence-corrected chi connectivity index (χ1v) is 0. The first-order valence-electron chi connectivity index (χ1n) is 0. The predicted octanol–water partition coefficient (Wildman–Crippen LogP) is -6.82. The number of rotatable bonds is 0. The van der Waals surface area contributed by atoms with Crippen LogP contribution >= 0.6 is 0 Å². The van der Waals surface area contributed by atoms with Crippen LogP contribution in [-0.4, -0.2) is 5.48 Å². The third-order valence-electron chi connectivity index (χ3n) is 0. The average molecular weight is 235 g/mol. The maximum Gasteiger partial charge on any atom is 0 e. The van der Waals surface area contributed by atoms with Crippen molar-refractivity contribution in [1.82, 2.24) is 0 Å². The van der Waals surface area contributed by atoms with Gasteiger partial charge in [-0.1, -0.05) is 0 Å². The van der Waals surface area contributed by atoms with Gasteiger partial charge in [0, 0.05) is 25.8 Å². The van der Waals surface area contributed by atoms with Crippen LogP contribution in [0.5, 0.6) is 0 Å². The van der Waals surface area contributed by atoms with Crippen molar-refractivity contribution in [2.24, 2.45) is 0 Å². The molecule has 0 rings (SSSR count). The van der Waals surface area contributed by atoms with Crippen molar-refractivity contribution in [1.29, 1.82) is 0 Å². The first kappa shape index (κ1) is 134. The summed E-state index contributed by atoms with van der Waals surface area (Å²) in [5, 5.41) is 0. The molecule has 4 heavy (non-hydrogen) atoms. The Kier molecular flexibility index (Phi) is 1880. The standard InChI is InChI=1S/2FH.Hf.H2O/h2*1H;;1H2/p-2. The van der Waals surface area contributed by atoms with Crippen molar-refractivity contribution in [2.45, 2.75) is 0 Å². The normalized spacial score (nSPS) is 0. The molecule has 0 aromatic heterocycles. The molecule has 4 heteroatoms. The third kappa shape index (κ3) is 16.1. The van der Waals surface area contributed by atoms with Crippen molar-refractivity contribution >= 4 is 0 Å². The van der Waals surface area contributed by atoms with E-state index in [4.69, 9.17) is 0 Å². The minimum Gasteiger partial charge on any atom is -1.00 e. The van der Waals surface area contributed by atoms with Gasteiger partial charge in [-0.15, -0.1) is 0 Å². The Hall–Kier alpha value is 0.690. The zero-order chi connectivity index (χ0) is 0. The molecule has 0 aliphatic carbocycles. The van der Waals surface area contributed by atoms with Crippen molar-refractivity contribution in [3.63, 3.8) is 0 Å². The van der Waals surface area contributed by atoms with Gasteiger partial charge < -0.3 is 14.9 Å². The van der Waals surface area contributed by atoms with Crippen LogP contribution in [0.1, 0.15) is 0 Å². The largest absolute Gasteiger partial charge is 1.00 e. The minimum absolute atomic E-state index is 0. The summed E-state index contributed by atoms with van der Waals surface area (Å²) in [6.45, 7) is 0. The van der Waals surface area contributed by atoms with E-state index in [1.165, 1.54) is 0 Å². The van der Waals surface area contributed by atoms with E-state index < -0.39 is 0 Å². The zero-order valence-electron chi connectivity index (χ0n) is 1.76. The Morgan fingerprint density at radius 1 is 0.750 bits per heavy atom. The molecule has 0 atom stereocenters. The fourth-order valence-corrected chi connectivity index (χ4v) is 0. The molecule has 28 valence electrons. The molecule has 0 aromatic carbocycles. The van der Waals surface area contributed by atoms with E-state index in [1.54, 1.807) is 0 Å². The van der Waals surface area contributed by atoms with Gasteiger partial charge in [0.2, 0.25) is 0 Å². The van der Waals surface area contributed by atoms with Crippen molar-refractivity contribution in [3.05, 3.63) is 0 Å². The number of hydrogen-bond acceptors (Lipinski definition) is 0. The Bertz CT molecular complexity index is 6.00. The van der Waals surface area contributed by atoms with Gasteiger partial charge in [0.1, 0.15) is 0 Å². The Balaban J connectivity index is 0. The molecule has 0 aliphatic heterocycles. The van der Waals surface area contributed by atoms with Gasteiger partial charge in [-0.3, -0.25) is 0 Å². The molecule has 0 aliphatic rings. The molecule has 0 amide bonds. The summed E-state index contributed by atoms with van der Waals surface area (Å²) in [4.78, 5) is 0. The maximum absolute atomic E-state index is 0. The topological polar surface area (TPSA) is 31.5 Å². The summed E-state index contributed by atoms with van der Waals surface area (Å²) >= 11 is 0. The second kappa shape index (κ2) is 56.1. The Morgan fingerprint density at radius 2 is 0.750 bits per heavy atom. The molecule has 1 nitrogen and oxygen atoms in total. The maximum atomic E-state index is 0.